The molecule has 1 aromatic heterocycles. The normalized spacial score (nSPS) is 11.6. The maximum atomic E-state index is 6.68. The molecule has 0 aliphatic carbocycles. The Hall–Kier alpha value is -5.86. The molecule has 44 heavy (non-hydrogen) atoms. The minimum Gasteiger partial charge on any atom is -0.455 e. The molecule has 9 rings (SSSR count). The van der Waals surface area contributed by atoms with Gasteiger partial charge in [-0.05, 0) is 63.7 Å². The van der Waals surface area contributed by atoms with E-state index in [-0.39, 0.29) is 0 Å². The van der Waals surface area contributed by atoms with Crippen LogP contribution in [0.5, 0.6) is 0 Å². The lowest BCUT2D eigenvalue weighted by atomic mass is 9.97. The molecule has 2 nitrogen and oxygen atoms in total. The van der Waals surface area contributed by atoms with Crippen molar-refractivity contribution >= 4 is 71.3 Å². The first-order chi connectivity index (χ1) is 21.8. The van der Waals surface area contributed by atoms with E-state index in [4.69, 9.17) is 4.42 Å². The fourth-order valence-corrected chi connectivity index (χ4v) is 6.78. The first-order valence-electron chi connectivity index (χ1n) is 15.0. The molecular formula is C42H27NO. The molecule has 0 saturated carbocycles. The maximum Gasteiger partial charge on any atom is 0.143 e. The summed E-state index contributed by atoms with van der Waals surface area (Å²) in [7, 11) is 0. The third kappa shape index (κ3) is 3.82. The van der Waals surface area contributed by atoms with Crippen LogP contribution in [0.3, 0.4) is 0 Å². The molecule has 9 aromatic rings. The molecule has 0 fully saturated rings. The van der Waals surface area contributed by atoms with Crippen molar-refractivity contribution in [2.24, 2.45) is 0 Å². The molecular weight excluding hydrogens is 534 g/mol. The summed E-state index contributed by atoms with van der Waals surface area (Å²) in [5.74, 6) is 0. The van der Waals surface area contributed by atoms with Gasteiger partial charge in [0.2, 0.25) is 0 Å². The lowest BCUT2D eigenvalue weighted by molar-refractivity contribution is 0.673. The van der Waals surface area contributed by atoms with Crippen molar-refractivity contribution in [1.29, 1.82) is 0 Å². The van der Waals surface area contributed by atoms with E-state index in [1.165, 1.54) is 27.1 Å². The van der Waals surface area contributed by atoms with Crippen molar-refractivity contribution in [3.05, 3.63) is 164 Å². The molecule has 1 heterocycles. The van der Waals surface area contributed by atoms with Gasteiger partial charge in [-0.2, -0.15) is 0 Å². The highest BCUT2D eigenvalue weighted by Gasteiger charge is 2.22. The van der Waals surface area contributed by atoms with Gasteiger partial charge in [-0.25, -0.2) is 0 Å². The molecule has 0 aliphatic rings. The van der Waals surface area contributed by atoms with Gasteiger partial charge < -0.3 is 9.32 Å². The van der Waals surface area contributed by atoms with Crippen molar-refractivity contribution in [3.8, 4) is 11.1 Å². The average Bonchev–Trinajstić information content (AvgIpc) is 3.47. The van der Waals surface area contributed by atoms with Crippen molar-refractivity contribution < 1.29 is 4.42 Å². The molecule has 2 heteroatoms. The van der Waals surface area contributed by atoms with E-state index in [9.17, 15) is 0 Å². The Morgan fingerprint density at radius 1 is 0.364 bits per heavy atom. The monoisotopic (exact) mass is 561 g/mol. The lowest BCUT2D eigenvalue weighted by Gasteiger charge is -2.29. The number of anilines is 3. The summed E-state index contributed by atoms with van der Waals surface area (Å²) in [6.07, 6.45) is 0. The predicted molar refractivity (Wildman–Crippen MR) is 186 cm³/mol. The highest BCUT2D eigenvalue weighted by Crippen LogP contribution is 2.47. The summed E-state index contributed by atoms with van der Waals surface area (Å²) in [4.78, 5) is 2.42. The number of benzene rings is 8. The number of hydrogen-bond donors (Lipinski definition) is 0. The Balaban J connectivity index is 1.38. The van der Waals surface area contributed by atoms with Crippen LogP contribution in [-0.2, 0) is 0 Å². The Bertz CT molecular complexity index is 2490. The van der Waals surface area contributed by atoms with Gasteiger partial charge in [0.05, 0.1) is 11.4 Å². The van der Waals surface area contributed by atoms with Gasteiger partial charge in [0, 0.05) is 32.6 Å². The topological polar surface area (TPSA) is 16.4 Å². The van der Waals surface area contributed by atoms with Crippen molar-refractivity contribution in [1.82, 2.24) is 0 Å². The molecule has 0 amide bonds. The molecule has 0 saturated heterocycles. The molecule has 0 bridgehead atoms. The third-order valence-corrected chi connectivity index (χ3v) is 8.81. The standard InChI is InChI=1S/C42H27NO/c1-3-13-28(14-4-1)29-23-24-36-38-27-40(35-21-11-12-22-37(35)42(38)44-41(36)26-29)43(31-16-5-2-6-17-31)39-25-30-15-7-8-18-32(30)33-19-9-10-20-34(33)39/h1-27H. The first kappa shape index (κ1) is 24.7. The highest BCUT2D eigenvalue weighted by molar-refractivity contribution is 6.21. The predicted octanol–water partition coefficient (Wildman–Crippen LogP) is 12.2. The third-order valence-electron chi connectivity index (χ3n) is 8.81. The van der Waals surface area contributed by atoms with E-state index < -0.39 is 0 Å². The van der Waals surface area contributed by atoms with E-state index in [2.05, 4.69) is 163 Å². The molecule has 0 atom stereocenters. The van der Waals surface area contributed by atoms with Gasteiger partial charge in [0.1, 0.15) is 11.2 Å². The van der Waals surface area contributed by atoms with Gasteiger partial charge in [-0.1, -0.05) is 127 Å². The summed E-state index contributed by atoms with van der Waals surface area (Å²) in [6, 6.07) is 58.5. The van der Waals surface area contributed by atoms with Crippen LogP contribution < -0.4 is 4.90 Å². The Morgan fingerprint density at radius 2 is 0.955 bits per heavy atom. The van der Waals surface area contributed by atoms with Crippen LogP contribution >= 0.6 is 0 Å². The Morgan fingerprint density at radius 3 is 1.73 bits per heavy atom. The fourth-order valence-electron chi connectivity index (χ4n) is 6.78. The molecule has 8 aromatic carbocycles. The van der Waals surface area contributed by atoms with Crippen LogP contribution in [0.2, 0.25) is 0 Å². The van der Waals surface area contributed by atoms with Gasteiger partial charge in [-0.3, -0.25) is 0 Å². The van der Waals surface area contributed by atoms with Crippen LogP contribution in [-0.4, -0.2) is 0 Å². The minimum atomic E-state index is 0.895. The quantitative estimate of drug-likeness (QED) is 0.199. The van der Waals surface area contributed by atoms with Gasteiger partial charge in [0.15, 0.2) is 0 Å². The van der Waals surface area contributed by atoms with Crippen molar-refractivity contribution in [2.45, 2.75) is 0 Å². The van der Waals surface area contributed by atoms with Gasteiger partial charge in [-0.15, -0.1) is 0 Å². The Labute approximate surface area is 255 Å². The SMILES string of the molecule is c1ccc(-c2ccc3c(c2)oc2c4ccccc4c(N(c4ccccc4)c4cc5ccccc5c5ccccc45)cc32)cc1. The van der Waals surface area contributed by atoms with E-state index in [1.807, 2.05) is 6.07 Å². The molecule has 0 N–H and O–H groups in total. The second-order valence-electron chi connectivity index (χ2n) is 11.3. The minimum absolute atomic E-state index is 0.895. The largest absolute Gasteiger partial charge is 0.455 e. The highest BCUT2D eigenvalue weighted by atomic mass is 16.3. The van der Waals surface area contributed by atoms with Crippen LogP contribution in [0.25, 0.3) is 65.4 Å². The van der Waals surface area contributed by atoms with Crippen LogP contribution in [0.15, 0.2) is 168 Å². The zero-order valence-corrected chi connectivity index (χ0v) is 23.9. The maximum absolute atomic E-state index is 6.68. The van der Waals surface area contributed by atoms with Crippen LogP contribution in [0.1, 0.15) is 0 Å². The van der Waals surface area contributed by atoms with Crippen molar-refractivity contribution in [3.63, 3.8) is 0 Å². The number of fused-ring (bicyclic) bond motifs is 8. The number of para-hydroxylation sites is 1. The number of nitrogens with zero attached hydrogens (tertiary/aromatic N) is 1. The molecule has 206 valence electrons. The second kappa shape index (κ2) is 9.86. The molecule has 0 unspecified atom stereocenters. The van der Waals surface area contributed by atoms with Crippen LogP contribution in [0, 0.1) is 0 Å². The molecule has 0 spiro atoms. The summed E-state index contributed by atoms with van der Waals surface area (Å²) in [6.45, 7) is 0. The summed E-state index contributed by atoms with van der Waals surface area (Å²) >= 11 is 0. The van der Waals surface area contributed by atoms with E-state index in [0.29, 0.717) is 0 Å². The van der Waals surface area contributed by atoms with E-state index >= 15 is 0 Å². The van der Waals surface area contributed by atoms with Crippen molar-refractivity contribution in [2.75, 3.05) is 4.90 Å². The average molecular weight is 562 g/mol. The first-order valence-corrected chi connectivity index (χ1v) is 15.0. The zero-order valence-electron chi connectivity index (χ0n) is 23.9. The summed E-state index contributed by atoms with van der Waals surface area (Å²) < 4.78 is 6.68. The van der Waals surface area contributed by atoms with E-state index in [0.717, 1.165) is 55.3 Å². The number of rotatable bonds is 4. The zero-order chi connectivity index (χ0) is 29.0. The smallest absolute Gasteiger partial charge is 0.143 e. The second-order valence-corrected chi connectivity index (χ2v) is 11.3. The van der Waals surface area contributed by atoms with Gasteiger partial charge in [0.25, 0.3) is 0 Å². The number of furan rings is 1. The number of hydrogen-bond acceptors (Lipinski definition) is 2. The van der Waals surface area contributed by atoms with Crippen LogP contribution in [0.4, 0.5) is 17.1 Å². The van der Waals surface area contributed by atoms with E-state index in [1.54, 1.807) is 0 Å². The molecule has 0 aliphatic heterocycles. The summed E-state index contributed by atoms with van der Waals surface area (Å²) in [5.41, 5.74) is 7.52. The van der Waals surface area contributed by atoms with Gasteiger partial charge >= 0.3 is 0 Å². The summed E-state index contributed by atoms with van der Waals surface area (Å²) in [5, 5.41) is 9.40. The Kier molecular flexibility index (Phi) is 5.54. The molecule has 0 radical (unpaired) electrons. The fraction of sp³-hybridized carbons (Fsp3) is 0. The lowest BCUT2D eigenvalue weighted by Crippen LogP contribution is -2.11.